The summed E-state index contributed by atoms with van der Waals surface area (Å²) >= 11 is 0. The van der Waals surface area contributed by atoms with Gasteiger partial charge in [-0.1, -0.05) is 46.5 Å². The van der Waals surface area contributed by atoms with Crippen LogP contribution in [0, 0.1) is 11.3 Å². The van der Waals surface area contributed by atoms with Crippen molar-refractivity contribution in [1.29, 1.82) is 0 Å². The van der Waals surface area contributed by atoms with E-state index in [-0.39, 0.29) is 17.3 Å². The molecular formula is C16H31ClO3S. The Bertz CT molecular complexity index is 388. The van der Waals surface area contributed by atoms with Crippen molar-refractivity contribution in [3.63, 3.8) is 0 Å². The monoisotopic (exact) mass is 338 g/mol. The molecule has 2 atom stereocenters. The maximum Gasteiger partial charge on any atom is 0.233 e. The largest absolute Gasteiger partial charge is 0.377 e. The van der Waals surface area contributed by atoms with E-state index in [1.165, 1.54) is 19.3 Å². The number of hydrogen-bond acceptors (Lipinski definition) is 3. The van der Waals surface area contributed by atoms with E-state index in [2.05, 4.69) is 20.8 Å². The maximum atomic E-state index is 11.6. The Morgan fingerprint density at radius 1 is 1.14 bits per heavy atom. The average Bonchev–Trinajstić information content (AvgIpc) is 2.36. The summed E-state index contributed by atoms with van der Waals surface area (Å²) in [6.07, 6.45) is 8.72. The third-order valence-electron chi connectivity index (χ3n) is 4.68. The number of ether oxygens (including phenoxy) is 1. The zero-order valence-electron chi connectivity index (χ0n) is 13.7. The molecule has 0 N–H and O–H groups in total. The van der Waals surface area contributed by atoms with Crippen LogP contribution in [0.3, 0.4) is 0 Å². The standard InChI is InChI=1S/C16H31ClO3S/c1-4-10-16(11-5-2,13-21(17,18)19)12-20-15-9-7-6-8-14(15)3/h14-15H,4-13H2,1-3H3. The maximum absolute atomic E-state index is 11.6. The third kappa shape index (κ3) is 6.87. The van der Waals surface area contributed by atoms with Gasteiger partial charge >= 0.3 is 0 Å². The molecule has 0 aliphatic heterocycles. The molecule has 0 aromatic carbocycles. The molecule has 0 bridgehead atoms. The van der Waals surface area contributed by atoms with E-state index in [9.17, 15) is 8.42 Å². The average molecular weight is 339 g/mol. The van der Waals surface area contributed by atoms with Gasteiger partial charge in [-0.2, -0.15) is 0 Å². The highest BCUT2D eigenvalue weighted by Crippen LogP contribution is 2.35. The van der Waals surface area contributed by atoms with Gasteiger partial charge in [-0.15, -0.1) is 0 Å². The molecule has 1 saturated carbocycles. The Hall–Kier alpha value is 0.200. The first-order valence-corrected chi connectivity index (χ1v) is 10.8. The lowest BCUT2D eigenvalue weighted by Gasteiger charge is -2.36. The zero-order valence-corrected chi connectivity index (χ0v) is 15.3. The molecule has 1 aliphatic carbocycles. The number of rotatable bonds is 9. The lowest BCUT2D eigenvalue weighted by atomic mass is 9.81. The molecule has 5 heteroatoms. The minimum atomic E-state index is -3.50. The van der Waals surface area contributed by atoms with Crippen molar-refractivity contribution < 1.29 is 13.2 Å². The minimum Gasteiger partial charge on any atom is -0.377 e. The molecule has 21 heavy (non-hydrogen) atoms. The SMILES string of the molecule is CCCC(CCC)(COC1CCCCC1C)CS(=O)(=O)Cl. The van der Waals surface area contributed by atoms with Gasteiger partial charge in [0.1, 0.15) is 0 Å². The Morgan fingerprint density at radius 3 is 2.19 bits per heavy atom. The van der Waals surface area contributed by atoms with Gasteiger partial charge in [0.2, 0.25) is 9.05 Å². The lowest BCUT2D eigenvalue weighted by molar-refractivity contribution is -0.0483. The van der Waals surface area contributed by atoms with E-state index in [1.54, 1.807) is 0 Å². The summed E-state index contributed by atoms with van der Waals surface area (Å²) < 4.78 is 29.4. The van der Waals surface area contributed by atoms with Gasteiger partial charge in [0.05, 0.1) is 18.5 Å². The van der Waals surface area contributed by atoms with Crippen LogP contribution in [0.5, 0.6) is 0 Å². The molecule has 1 aliphatic rings. The van der Waals surface area contributed by atoms with Crippen LogP contribution in [0.4, 0.5) is 0 Å². The molecule has 1 fully saturated rings. The molecule has 0 heterocycles. The van der Waals surface area contributed by atoms with Crippen LogP contribution in [-0.2, 0) is 13.8 Å². The molecule has 0 aromatic heterocycles. The Morgan fingerprint density at radius 2 is 1.71 bits per heavy atom. The highest BCUT2D eigenvalue weighted by Gasteiger charge is 2.35. The van der Waals surface area contributed by atoms with Gasteiger partial charge < -0.3 is 4.74 Å². The van der Waals surface area contributed by atoms with Gasteiger partial charge in [0.25, 0.3) is 0 Å². The topological polar surface area (TPSA) is 43.4 Å². The molecule has 0 aromatic rings. The van der Waals surface area contributed by atoms with Gasteiger partial charge in [-0.05, 0) is 31.6 Å². The van der Waals surface area contributed by atoms with E-state index in [0.717, 1.165) is 32.1 Å². The van der Waals surface area contributed by atoms with Crippen LogP contribution in [-0.4, -0.2) is 26.9 Å². The fraction of sp³-hybridized carbons (Fsp3) is 1.00. The van der Waals surface area contributed by atoms with E-state index in [4.69, 9.17) is 15.4 Å². The summed E-state index contributed by atoms with van der Waals surface area (Å²) in [4.78, 5) is 0. The summed E-state index contributed by atoms with van der Waals surface area (Å²) in [5.41, 5.74) is -0.318. The van der Waals surface area contributed by atoms with Crippen molar-refractivity contribution in [3.05, 3.63) is 0 Å². The van der Waals surface area contributed by atoms with Crippen molar-refractivity contribution in [1.82, 2.24) is 0 Å². The van der Waals surface area contributed by atoms with Crippen molar-refractivity contribution in [3.8, 4) is 0 Å². The van der Waals surface area contributed by atoms with Crippen molar-refractivity contribution >= 4 is 19.7 Å². The highest BCUT2D eigenvalue weighted by atomic mass is 35.7. The second-order valence-electron chi connectivity index (χ2n) is 6.79. The molecule has 126 valence electrons. The number of halogens is 1. The fourth-order valence-corrected chi connectivity index (χ4v) is 5.49. The second-order valence-corrected chi connectivity index (χ2v) is 9.57. The summed E-state index contributed by atoms with van der Waals surface area (Å²) in [5, 5.41) is 0. The summed E-state index contributed by atoms with van der Waals surface area (Å²) in [5.74, 6) is 0.608. The molecular weight excluding hydrogens is 308 g/mol. The molecule has 0 radical (unpaired) electrons. The highest BCUT2D eigenvalue weighted by molar-refractivity contribution is 8.13. The summed E-state index contributed by atoms with van der Waals surface area (Å²) in [7, 11) is 2.06. The van der Waals surface area contributed by atoms with Gasteiger partial charge in [-0.3, -0.25) is 0 Å². The molecule has 3 nitrogen and oxygen atoms in total. The number of hydrogen-bond donors (Lipinski definition) is 0. The van der Waals surface area contributed by atoms with Gasteiger partial charge in [-0.25, -0.2) is 8.42 Å². The lowest BCUT2D eigenvalue weighted by Crippen LogP contribution is -2.37. The first kappa shape index (κ1) is 19.2. The second kappa shape index (κ2) is 8.73. The molecule has 2 unspecified atom stereocenters. The van der Waals surface area contributed by atoms with Crippen LogP contribution in [0.25, 0.3) is 0 Å². The van der Waals surface area contributed by atoms with Crippen LogP contribution >= 0.6 is 10.7 Å². The molecule has 0 amide bonds. The normalized spacial score (nSPS) is 24.2. The van der Waals surface area contributed by atoms with Crippen molar-refractivity contribution in [2.75, 3.05) is 12.4 Å². The molecule has 1 rings (SSSR count). The van der Waals surface area contributed by atoms with E-state index >= 15 is 0 Å². The Labute approximate surface area is 135 Å². The van der Waals surface area contributed by atoms with Gasteiger partial charge in [0.15, 0.2) is 0 Å². The van der Waals surface area contributed by atoms with E-state index in [1.807, 2.05) is 0 Å². The third-order valence-corrected chi connectivity index (χ3v) is 5.96. The summed E-state index contributed by atoms with van der Waals surface area (Å²) in [6.45, 7) is 6.95. The predicted molar refractivity (Wildman–Crippen MR) is 89.3 cm³/mol. The first-order valence-electron chi connectivity index (χ1n) is 8.36. The van der Waals surface area contributed by atoms with Crippen LogP contribution < -0.4 is 0 Å². The van der Waals surface area contributed by atoms with E-state index < -0.39 is 9.05 Å². The van der Waals surface area contributed by atoms with Gasteiger partial charge in [0, 0.05) is 16.1 Å². The molecule has 0 spiro atoms. The van der Waals surface area contributed by atoms with Crippen LogP contribution in [0.15, 0.2) is 0 Å². The van der Waals surface area contributed by atoms with Crippen LogP contribution in [0.1, 0.15) is 72.1 Å². The van der Waals surface area contributed by atoms with Crippen molar-refractivity contribution in [2.45, 2.75) is 78.2 Å². The van der Waals surface area contributed by atoms with Crippen molar-refractivity contribution in [2.24, 2.45) is 11.3 Å². The predicted octanol–water partition coefficient (Wildman–Crippen LogP) is 4.74. The summed E-state index contributed by atoms with van der Waals surface area (Å²) in [6, 6.07) is 0. The van der Waals surface area contributed by atoms with Crippen LogP contribution in [0.2, 0.25) is 0 Å². The zero-order chi connectivity index (χ0) is 15.9. The van der Waals surface area contributed by atoms with E-state index in [0.29, 0.717) is 12.5 Å². The fourth-order valence-electron chi connectivity index (χ4n) is 3.70. The minimum absolute atomic E-state index is 0.0321. The quantitative estimate of drug-likeness (QED) is 0.570. The smallest absolute Gasteiger partial charge is 0.233 e. The Kier molecular flexibility index (Phi) is 8.00. The first-order chi connectivity index (χ1) is 9.82. The Balaban J connectivity index is 2.74. The molecule has 0 saturated heterocycles.